The fraction of sp³-hybridized carbons (Fsp3) is 0.833. The normalized spacial score (nSPS) is 50.6. The molecule has 0 bridgehead atoms. The Labute approximate surface area is 47.8 Å². The molecule has 1 aliphatic carbocycles. The topological polar surface area (TPSA) is 26.3 Å². The van der Waals surface area contributed by atoms with Gasteiger partial charge in [0.1, 0.15) is 6.10 Å². The number of carbonyl (C=O) groups excluding carboxylic acids is 1. The number of ether oxygens (including phenoxy) is 1. The van der Waals surface area contributed by atoms with Gasteiger partial charge in [0.05, 0.1) is 5.92 Å². The Balaban J connectivity index is 2.19. The Morgan fingerprint density at radius 3 is 2.62 bits per heavy atom. The molecule has 3 unspecified atom stereocenters. The van der Waals surface area contributed by atoms with Crippen LogP contribution in [0, 0.1) is 11.8 Å². The van der Waals surface area contributed by atoms with E-state index in [2.05, 4.69) is 0 Å². The minimum atomic E-state index is 0.0301. The van der Waals surface area contributed by atoms with E-state index in [0.29, 0.717) is 11.8 Å². The van der Waals surface area contributed by atoms with E-state index < -0.39 is 0 Å². The number of carbonyl (C=O) groups is 1. The van der Waals surface area contributed by atoms with Crippen LogP contribution in [0.1, 0.15) is 13.3 Å². The summed E-state index contributed by atoms with van der Waals surface area (Å²) in [6.07, 6.45) is 1.30. The lowest BCUT2D eigenvalue weighted by molar-refractivity contribution is -0.144. The fourth-order valence-corrected chi connectivity index (χ4v) is 1.36. The molecular weight excluding hydrogens is 104 g/mol. The molecule has 2 heteroatoms. The lowest BCUT2D eigenvalue weighted by Crippen LogP contribution is -2.07. The van der Waals surface area contributed by atoms with Crippen LogP contribution in [0.4, 0.5) is 0 Å². The molecule has 0 aromatic rings. The van der Waals surface area contributed by atoms with Gasteiger partial charge in [-0.3, -0.25) is 4.79 Å². The first-order valence-corrected chi connectivity index (χ1v) is 2.99. The highest BCUT2D eigenvalue weighted by molar-refractivity contribution is 5.78. The molecule has 1 saturated heterocycles. The minimum Gasteiger partial charge on any atom is -0.462 e. The molecule has 0 spiro atoms. The van der Waals surface area contributed by atoms with Crippen molar-refractivity contribution < 1.29 is 9.53 Å². The molecule has 2 rings (SSSR count). The van der Waals surface area contributed by atoms with Crippen LogP contribution >= 0.6 is 0 Å². The Hall–Kier alpha value is -0.530. The third kappa shape index (κ3) is 0.358. The molecule has 1 saturated carbocycles. The van der Waals surface area contributed by atoms with E-state index in [4.69, 9.17) is 4.74 Å². The van der Waals surface area contributed by atoms with Crippen molar-refractivity contribution in [2.24, 2.45) is 11.8 Å². The van der Waals surface area contributed by atoms with Gasteiger partial charge in [-0.05, 0) is 13.3 Å². The summed E-state index contributed by atoms with van der Waals surface area (Å²) in [6.45, 7) is 1.97. The van der Waals surface area contributed by atoms with Crippen LogP contribution in [0.5, 0.6) is 0 Å². The number of esters is 1. The van der Waals surface area contributed by atoms with Gasteiger partial charge < -0.3 is 4.74 Å². The number of cyclic esters (lactones) is 1. The van der Waals surface area contributed by atoms with Crippen molar-refractivity contribution in [3.8, 4) is 0 Å². The van der Waals surface area contributed by atoms with E-state index in [1.807, 2.05) is 6.92 Å². The molecule has 2 fully saturated rings. The Morgan fingerprint density at radius 2 is 2.50 bits per heavy atom. The third-order valence-corrected chi connectivity index (χ3v) is 2.05. The number of fused-ring (bicyclic) bond motifs is 1. The Bertz CT molecular complexity index is 141. The molecule has 1 heterocycles. The first-order valence-electron chi connectivity index (χ1n) is 2.99. The highest BCUT2D eigenvalue weighted by Crippen LogP contribution is 2.48. The van der Waals surface area contributed by atoms with Crippen LogP contribution in [-0.4, -0.2) is 12.1 Å². The molecule has 1 aliphatic heterocycles. The van der Waals surface area contributed by atoms with Crippen molar-refractivity contribution in [1.29, 1.82) is 0 Å². The summed E-state index contributed by atoms with van der Waals surface area (Å²) in [4.78, 5) is 10.6. The first-order chi connectivity index (χ1) is 3.79. The summed E-state index contributed by atoms with van der Waals surface area (Å²) in [5, 5.41) is 0. The molecule has 2 aliphatic rings. The number of rotatable bonds is 0. The van der Waals surface area contributed by atoms with Gasteiger partial charge in [0.2, 0.25) is 0 Å². The second kappa shape index (κ2) is 1.07. The lowest BCUT2D eigenvalue weighted by atomic mass is 10.2. The second-order valence-corrected chi connectivity index (χ2v) is 2.65. The Kier molecular flexibility index (Phi) is 0.581. The molecule has 0 amide bonds. The molecule has 2 nitrogen and oxygen atoms in total. The van der Waals surface area contributed by atoms with E-state index in [9.17, 15) is 4.79 Å². The predicted octanol–water partition coefficient (Wildman–Crippen LogP) is 0.568. The quantitative estimate of drug-likeness (QED) is 0.428. The van der Waals surface area contributed by atoms with Crippen LogP contribution in [-0.2, 0) is 9.53 Å². The van der Waals surface area contributed by atoms with Gasteiger partial charge in [-0.2, -0.15) is 0 Å². The average molecular weight is 112 g/mol. The highest BCUT2D eigenvalue weighted by atomic mass is 16.6. The van der Waals surface area contributed by atoms with E-state index in [1.54, 1.807) is 0 Å². The number of hydrogen-bond donors (Lipinski definition) is 0. The zero-order chi connectivity index (χ0) is 5.72. The zero-order valence-electron chi connectivity index (χ0n) is 4.76. The molecule has 3 atom stereocenters. The maximum absolute atomic E-state index is 10.6. The summed E-state index contributed by atoms with van der Waals surface area (Å²) in [7, 11) is 0. The summed E-state index contributed by atoms with van der Waals surface area (Å²) in [6, 6.07) is 0. The summed E-state index contributed by atoms with van der Waals surface area (Å²) >= 11 is 0. The Morgan fingerprint density at radius 1 is 1.75 bits per heavy atom. The minimum absolute atomic E-state index is 0.0301. The maximum Gasteiger partial charge on any atom is 0.309 e. The van der Waals surface area contributed by atoms with Crippen LogP contribution in [0.3, 0.4) is 0 Å². The van der Waals surface area contributed by atoms with Gasteiger partial charge >= 0.3 is 5.97 Å². The molecule has 8 heavy (non-hydrogen) atoms. The van der Waals surface area contributed by atoms with Crippen molar-refractivity contribution in [2.75, 3.05) is 0 Å². The average Bonchev–Trinajstić information content (AvgIpc) is 2.35. The van der Waals surface area contributed by atoms with Crippen molar-refractivity contribution in [1.82, 2.24) is 0 Å². The zero-order valence-corrected chi connectivity index (χ0v) is 4.76. The fourth-order valence-electron chi connectivity index (χ4n) is 1.36. The van der Waals surface area contributed by atoms with Crippen molar-refractivity contribution in [2.45, 2.75) is 19.4 Å². The van der Waals surface area contributed by atoms with Gasteiger partial charge in [0.15, 0.2) is 0 Å². The standard InChI is InChI=1S/C6H8O2/c1-3-4-2-5(4)6(7)8-3/h3-5H,2H2,1H3. The highest BCUT2D eigenvalue weighted by Gasteiger charge is 2.54. The SMILES string of the molecule is CC1OC(=O)C2CC12. The summed E-state index contributed by atoms with van der Waals surface area (Å²) in [5.74, 6) is 0.912. The molecule has 44 valence electrons. The van der Waals surface area contributed by atoms with Gasteiger partial charge in [0, 0.05) is 5.92 Å². The van der Waals surface area contributed by atoms with Crippen LogP contribution in [0.15, 0.2) is 0 Å². The summed E-state index contributed by atoms with van der Waals surface area (Å²) < 4.78 is 4.88. The van der Waals surface area contributed by atoms with Crippen LogP contribution < -0.4 is 0 Å². The van der Waals surface area contributed by atoms with Gasteiger partial charge in [-0.15, -0.1) is 0 Å². The summed E-state index contributed by atoms with van der Waals surface area (Å²) in [5.41, 5.74) is 0. The third-order valence-electron chi connectivity index (χ3n) is 2.05. The van der Waals surface area contributed by atoms with E-state index >= 15 is 0 Å². The largest absolute Gasteiger partial charge is 0.462 e. The van der Waals surface area contributed by atoms with E-state index in [-0.39, 0.29) is 12.1 Å². The van der Waals surface area contributed by atoms with Crippen molar-refractivity contribution in [3.05, 3.63) is 0 Å². The second-order valence-electron chi connectivity index (χ2n) is 2.65. The monoisotopic (exact) mass is 112 g/mol. The van der Waals surface area contributed by atoms with Gasteiger partial charge in [-0.25, -0.2) is 0 Å². The first kappa shape index (κ1) is 4.36. The van der Waals surface area contributed by atoms with Crippen molar-refractivity contribution >= 4 is 5.97 Å². The van der Waals surface area contributed by atoms with E-state index in [0.717, 1.165) is 6.42 Å². The smallest absolute Gasteiger partial charge is 0.309 e. The van der Waals surface area contributed by atoms with Gasteiger partial charge in [-0.1, -0.05) is 0 Å². The van der Waals surface area contributed by atoms with E-state index in [1.165, 1.54) is 0 Å². The van der Waals surface area contributed by atoms with Crippen molar-refractivity contribution in [3.63, 3.8) is 0 Å². The molecule has 0 aromatic heterocycles. The van der Waals surface area contributed by atoms with Crippen LogP contribution in [0.25, 0.3) is 0 Å². The predicted molar refractivity (Wildman–Crippen MR) is 27.2 cm³/mol. The molecular formula is C6H8O2. The molecule has 0 N–H and O–H groups in total. The molecule has 0 radical (unpaired) electrons. The van der Waals surface area contributed by atoms with Crippen LogP contribution in [0.2, 0.25) is 0 Å². The maximum atomic E-state index is 10.6. The lowest BCUT2D eigenvalue weighted by Gasteiger charge is -2.02. The van der Waals surface area contributed by atoms with Gasteiger partial charge in [0.25, 0.3) is 0 Å². The molecule has 0 aromatic carbocycles. The number of hydrogen-bond acceptors (Lipinski definition) is 2.